The van der Waals surface area contributed by atoms with Crippen molar-refractivity contribution in [1.82, 2.24) is 14.0 Å². The van der Waals surface area contributed by atoms with Gasteiger partial charge in [-0.3, -0.25) is 4.40 Å². The van der Waals surface area contributed by atoms with Gasteiger partial charge in [0.05, 0.1) is 27.5 Å². The largest absolute Gasteiger partial charge is 0.310 e. The summed E-state index contributed by atoms with van der Waals surface area (Å²) in [5, 5.41) is 6.43. The zero-order valence-corrected chi connectivity index (χ0v) is 25.6. The van der Waals surface area contributed by atoms with Gasteiger partial charge in [0.1, 0.15) is 5.65 Å². The van der Waals surface area contributed by atoms with Crippen LogP contribution in [0, 0.1) is 0 Å². The number of hydrogen-bond donors (Lipinski definition) is 0. The molecule has 0 saturated heterocycles. The van der Waals surface area contributed by atoms with E-state index in [2.05, 4.69) is 142 Å². The fourth-order valence-corrected chi connectivity index (χ4v) is 10.9. The van der Waals surface area contributed by atoms with Crippen molar-refractivity contribution in [3.63, 3.8) is 0 Å². The van der Waals surface area contributed by atoms with E-state index in [1.54, 1.807) is 0 Å². The molecule has 0 radical (unpaired) electrons. The Balaban J connectivity index is 1.33. The second kappa shape index (κ2) is 7.22. The first kappa shape index (κ1) is 23.2. The van der Waals surface area contributed by atoms with Crippen LogP contribution in [-0.4, -0.2) is 20.7 Å². The summed E-state index contributed by atoms with van der Waals surface area (Å²) >= 11 is 0. The highest BCUT2D eigenvalue weighted by Crippen LogP contribution is 2.61. The zero-order chi connectivity index (χ0) is 30.6. The van der Waals surface area contributed by atoms with Gasteiger partial charge in [-0.15, -0.1) is 0 Å². The Morgan fingerprint density at radius 2 is 1.21 bits per heavy atom. The minimum atomic E-state index is -0.442. The van der Waals surface area contributed by atoms with Gasteiger partial charge in [0.25, 0.3) is 6.71 Å². The maximum atomic E-state index is 5.36. The molecule has 0 unspecified atom stereocenters. The summed E-state index contributed by atoms with van der Waals surface area (Å²) in [4.78, 5) is 5.36. The van der Waals surface area contributed by atoms with Crippen molar-refractivity contribution >= 4 is 83.3 Å². The summed E-state index contributed by atoms with van der Waals surface area (Å²) in [6, 6.07) is 50.8. The van der Waals surface area contributed by atoms with Crippen LogP contribution < -0.4 is 16.4 Å². The predicted octanol–water partition coefficient (Wildman–Crippen LogP) is 7.71. The smallest absolute Gasteiger partial charge is 0.252 e. The molecule has 216 valence electrons. The maximum absolute atomic E-state index is 5.36. The van der Waals surface area contributed by atoms with Gasteiger partial charge in [-0.25, -0.2) is 4.98 Å². The van der Waals surface area contributed by atoms with Gasteiger partial charge in [-0.05, 0) is 78.7 Å². The molecule has 0 N–H and O–H groups in total. The van der Waals surface area contributed by atoms with Crippen molar-refractivity contribution < 1.29 is 0 Å². The summed E-state index contributed by atoms with van der Waals surface area (Å²) < 4.78 is 5.16. The van der Waals surface area contributed by atoms with Crippen LogP contribution in [0.4, 0.5) is 0 Å². The van der Waals surface area contributed by atoms with Crippen molar-refractivity contribution in [2.75, 3.05) is 0 Å². The Morgan fingerprint density at radius 3 is 2.06 bits per heavy atom. The molecule has 4 aliphatic rings. The van der Waals surface area contributed by atoms with Crippen LogP contribution in [0.5, 0.6) is 0 Å². The molecule has 1 spiro atoms. The first-order valence-electron chi connectivity index (χ1n) is 16.9. The van der Waals surface area contributed by atoms with E-state index in [-0.39, 0.29) is 6.71 Å². The van der Waals surface area contributed by atoms with E-state index in [1.807, 2.05) is 0 Å². The first-order valence-corrected chi connectivity index (χ1v) is 16.9. The van der Waals surface area contributed by atoms with Crippen molar-refractivity contribution in [2.45, 2.75) is 5.41 Å². The van der Waals surface area contributed by atoms with Gasteiger partial charge in [0.15, 0.2) is 0 Å². The third kappa shape index (κ3) is 2.14. The van der Waals surface area contributed by atoms with E-state index in [0.29, 0.717) is 0 Å². The maximum Gasteiger partial charge on any atom is 0.252 e. The molecule has 0 atom stereocenters. The van der Waals surface area contributed by atoms with Crippen LogP contribution >= 0.6 is 0 Å². The zero-order valence-electron chi connectivity index (χ0n) is 25.6. The van der Waals surface area contributed by atoms with Crippen LogP contribution in [-0.2, 0) is 5.41 Å². The minimum absolute atomic E-state index is 0.0929. The average molecular weight is 603 g/mol. The number of aromatic nitrogens is 3. The Morgan fingerprint density at radius 1 is 0.500 bits per heavy atom. The molecule has 1 aliphatic carbocycles. The Hall–Kier alpha value is -6.13. The van der Waals surface area contributed by atoms with E-state index in [0.717, 1.165) is 11.2 Å². The normalized spacial score (nSPS) is 15.2. The molecule has 6 heterocycles. The third-order valence-electron chi connectivity index (χ3n) is 12.4. The number of imidazole rings is 1. The van der Waals surface area contributed by atoms with Gasteiger partial charge in [0.2, 0.25) is 0 Å². The number of rotatable bonds is 0. The minimum Gasteiger partial charge on any atom is -0.310 e. The highest BCUT2D eigenvalue weighted by Gasteiger charge is 2.54. The average Bonchev–Trinajstić information content (AvgIpc) is 3.79. The lowest BCUT2D eigenvalue weighted by molar-refractivity contribution is 0.751. The summed E-state index contributed by atoms with van der Waals surface area (Å²) in [5.74, 6) is 0. The summed E-state index contributed by atoms with van der Waals surface area (Å²) in [6.45, 7) is 0.0929. The Kier molecular flexibility index (Phi) is 3.49. The molecular formula is C44H22BN3. The molecule has 7 aromatic carbocycles. The Labute approximate surface area is 274 Å². The predicted molar refractivity (Wildman–Crippen MR) is 198 cm³/mol. The molecule has 3 nitrogen and oxygen atoms in total. The number of para-hydroxylation sites is 2. The van der Waals surface area contributed by atoms with Crippen LogP contribution in [0.25, 0.3) is 77.0 Å². The lowest BCUT2D eigenvalue weighted by atomic mass is 9.34. The lowest BCUT2D eigenvalue weighted by Crippen LogP contribution is -2.59. The van der Waals surface area contributed by atoms with Crippen LogP contribution in [0.2, 0.25) is 0 Å². The highest BCUT2D eigenvalue weighted by atomic mass is 15.1. The van der Waals surface area contributed by atoms with Gasteiger partial charge >= 0.3 is 0 Å². The standard InChI is InChI=1S/C44H22BN3/c1-2-10-25-23(9-1)22-35-43-38(25)46-36-20-19-24-21-33-42-37(39(24)47(36)43)45(35)34-18-8-14-29-28-13-7-17-32(40(28)48(42)41(29)34)44(33)30-15-5-3-11-26(30)27-12-4-6-16-31(27)44/h1-22H. The van der Waals surface area contributed by atoms with E-state index in [1.165, 1.54) is 104 Å². The van der Waals surface area contributed by atoms with Gasteiger partial charge < -0.3 is 4.57 Å². The molecule has 0 bridgehead atoms. The number of pyridine rings is 1. The number of fused-ring (bicyclic) bond motifs is 12. The van der Waals surface area contributed by atoms with E-state index >= 15 is 0 Å². The second-order valence-electron chi connectivity index (χ2n) is 14.2. The summed E-state index contributed by atoms with van der Waals surface area (Å²) in [6.07, 6.45) is 0. The summed E-state index contributed by atoms with van der Waals surface area (Å²) in [5.41, 5.74) is 20.7. The topological polar surface area (TPSA) is 22.2 Å². The van der Waals surface area contributed by atoms with Crippen molar-refractivity contribution in [2.24, 2.45) is 0 Å². The molecule has 14 rings (SSSR count). The van der Waals surface area contributed by atoms with Gasteiger partial charge in [0, 0.05) is 27.4 Å². The molecule has 0 saturated carbocycles. The summed E-state index contributed by atoms with van der Waals surface area (Å²) in [7, 11) is 0. The van der Waals surface area contributed by atoms with Gasteiger partial charge in [-0.1, -0.05) is 115 Å². The fraction of sp³-hybridized carbons (Fsp3) is 0.0227. The molecular weight excluding hydrogens is 581 g/mol. The molecule has 3 aromatic heterocycles. The second-order valence-corrected chi connectivity index (χ2v) is 14.2. The quantitative estimate of drug-likeness (QED) is 0.163. The molecule has 4 heteroatoms. The van der Waals surface area contributed by atoms with Gasteiger partial charge in [-0.2, -0.15) is 0 Å². The van der Waals surface area contributed by atoms with Crippen LogP contribution in [0.3, 0.4) is 0 Å². The van der Waals surface area contributed by atoms with Crippen molar-refractivity contribution in [3.05, 3.63) is 156 Å². The number of benzene rings is 7. The Bertz CT molecular complexity index is 3200. The monoisotopic (exact) mass is 603 g/mol. The van der Waals surface area contributed by atoms with Crippen molar-refractivity contribution in [3.8, 4) is 16.8 Å². The van der Waals surface area contributed by atoms with Crippen LogP contribution in [0.15, 0.2) is 133 Å². The first-order chi connectivity index (χ1) is 23.8. The fourth-order valence-electron chi connectivity index (χ4n) is 10.9. The number of nitrogens with zero attached hydrogens (tertiary/aromatic N) is 3. The van der Waals surface area contributed by atoms with Crippen molar-refractivity contribution in [1.29, 1.82) is 0 Å². The van der Waals surface area contributed by atoms with E-state index in [9.17, 15) is 0 Å². The molecule has 3 aliphatic heterocycles. The van der Waals surface area contributed by atoms with E-state index < -0.39 is 5.41 Å². The molecule has 48 heavy (non-hydrogen) atoms. The number of hydrogen-bond acceptors (Lipinski definition) is 1. The van der Waals surface area contributed by atoms with E-state index in [4.69, 9.17) is 4.98 Å². The lowest BCUT2D eigenvalue weighted by Gasteiger charge is -2.43. The highest BCUT2D eigenvalue weighted by molar-refractivity contribution is 7.01. The molecule has 0 amide bonds. The molecule has 0 fully saturated rings. The SMILES string of the molecule is c1ccc2c(c1)-c1ccccc1C21c2cc3ccc4nc5c6ccccc6cc6c5n4c3c3c2-n2c4c(cccc4c4cccc1c42)B36. The van der Waals surface area contributed by atoms with Crippen LogP contribution in [0.1, 0.15) is 22.3 Å². The molecule has 10 aromatic rings. The third-order valence-corrected chi connectivity index (χ3v) is 12.4.